The van der Waals surface area contributed by atoms with Crippen LogP contribution in [0.2, 0.25) is 0 Å². The summed E-state index contributed by atoms with van der Waals surface area (Å²) in [4.78, 5) is 74.8. The highest BCUT2D eigenvalue weighted by atomic mass is 17.0. The first kappa shape index (κ1) is 32.5. The lowest BCUT2D eigenvalue weighted by Crippen LogP contribution is -2.22. The molecule has 0 fully saturated rings. The number of anilines is 1. The summed E-state index contributed by atoms with van der Waals surface area (Å²) in [5.41, 5.74) is 0.267. The highest BCUT2D eigenvalue weighted by Crippen LogP contribution is 2.16. The molecule has 17 nitrogen and oxygen atoms in total. The number of hydrogen-bond acceptors (Lipinski definition) is 14. The van der Waals surface area contributed by atoms with Gasteiger partial charge in [0.05, 0.1) is 6.61 Å². The molecule has 1 aromatic rings. The molecule has 0 aliphatic carbocycles. The minimum atomic E-state index is -1.10. The van der Waals surface area contributed by atoms with Gasteiger partial charge in [-0.15, -0.1) is 20.2 Å². The normalized spacial score (nSPS) is 10.2. The van der Waals surface area contributed by atoms with Crippen LogP contribution >= 0.6 is 0 Å². The van der Waals surface area contributed by atoms with Gasteiger partial charge in [0.2, 0.25) is 5.91 Å². The molecule has 1 amide bonds. The van der Waals surface area contributed by atoms with Crippen molar-refractivity contribution in [3.63, 3.8) is 0 Å². The van der Waals surface area contributed by atoms with Crippen molar-refractivity contribution in [1.29, 1.82) is 0 Å². The first-order valence-electron chi connectivity index (χ1n) is 11.7. The van der Waals surface area contributed by atoms with Crippen LogP contribution < -0.4 is 10.1 Å². The van der Waals surface area contributed by atoms with E-state index in [0.717, 1.165) is 0 Å². The van der Waals surface area contributed by atoms with Crippen LogP contribution in [0.5, 0.6) is 5.75 Å². The molecule has 0 aromatic heterocycles. The van der Waals surface area contributed by atoms with E-state index in [2.05, 4.69) is 15.0 Å². The Labute approximate surface area is 221 Å². The number of esters is 3. The van der Waals surface area contributed by atoms with Crippen LogP contribution in [0.25, 0.3) is 0 Å². The van der Waals surface area contributed by atoms with Crippen LogP contribution in [-0.2, 0) is 43.1 Å². The Hall–Kier alpha value is -4.54. The summed E-state index contributed by atoms with van der Waals surface area (Å²) in [5.74, 6) is -3.12. The third-order valence-corrected chi connectivity index (χ3v) is 4.42. The van der Waals surface area contributed by atoms with Crippen LogP contribution in [0.15, 0.2) is 24.3 Å². The van der Waals surface area contributed by atoms with E-state index in [-0.39, 0.29) is 24.5 Å². The SMILES string of the molecule is O=C(CO[N+](=O)[O-])Nc1ccc(OC(=O)COC(=O)COC(=O)CCCCCOCCCCO[N+](=O)[O-])cc1. The number of amides is 1. The van der Waals surface area contributed by atoms with Gasteiger partial charge in [0.15, 0.2) is 19.8 Å². The predicted octanol–water partition coefficient (Wildman–Crippen LogP) is 1.39. The second kappa shape index (κ2) is 19.6. The molecule has 216 valence electrons. The molecule has 0 heterocycles. The van der Waals surface area contributed by atoms with Gasteiger partial charge in [-0.3, -0.25) is 9.59 Å². The average Bonchev–Trinajstić information content (AvgIpc) is 2.89. The van der Waals surface area contributed by atoms with Gasteiger partial charge in [0, 0.05) is 25.3 Å². The Morgan fingerprint density at radius 1 is 0.692 bits per heavy atom. The summed E-state index contributed by atoms with van der Waals surface area (Å²) in [6.45, 7) is -1.20. The molecule has 0 radical (unpaired) electrons. The van der Waals surface area contributed by atoms with E-state index < -0.39 is 53.8 Å². The predicted molar refractivity (Wildman–Crippen MR) is 127 cm³/mol. The Kier molecular flexibility index (Phi) is 16.3. The summed E-state index contributed by atoms with van der Waals surface area (Å²) in [5, 5.41) is 20.4. The Morgan fingerprint density at radius 3 is 1.95 bits per heavy atom. The topological polar surface area (TPSA) is 222 Å². The molecule has 0 saturated heterocycles. The zero-order valence-corrected chi connectivity index (χ0v) is 20.9. The van der Waals surface area contributed by atoms with Crippen LogP contribution in [0.1, 0.15) is 38.5 Å². The molecular weight excluding hydrogens is 530 g/mol. The number of nitrogens with one attached hydrogen (secondary N) is 1. The Balaban J connectivity index is 2.08. The molecule has 0 atom stereocenters. The Morgan fingerprint density at radius 2 is 1.28 bits per heavy atom. The van der Waals surface area contributed by atoms with Crippen LogP contribution in [0.4, 0.5) is 5.69 Å². The molecule has 0 aliphatic rings. The number of hydrogen-bond donors (Lipinski definition) is 1. The summed E-state index contributed by atoms with van der Waals surface area (Å²) >= 11 is 0. The van der Waals surface area contributed by atoms with E-state index in [1.54, 1.807) is 0 Å². The minimum absolute atomic E-state index is 0.0313. The molecule has 0 saturated carbocycles. The molecule has 0 bridgehead atoms. The number of carbonyl (C=O) groups is 4. The van der Waals surface area contributed by atoms with E-state index in [9.17, 15) is 39.4 Å². The van der Waals surface area contributed by atoms with Crippen molar-refractivity contribution < 1.29 is 58.0 Å². The summed E-state index contributed by atoms with van der Waals surface area (Å²) in [6.07, 6.45) is 3.16. The number of nitrogens with zero attached hydrogens (tertiary/aromatic N) is 2. The second-order valence-corrected chi connectivity index (χ2v) is 7.55. The van der Waals surface area contributed by atoms with E-state index in [1.165, 1.54) is 24.3 Å². The fraction of sp³-hybridized carbons (Fsp3) is 0.545. The minimum Gasteiger partial charge on any atom is -0.454 e. The van der Waals surface area contributed by atoms with E-state index >= 15 is 0 Å². The van der Waals surface area contributed by atoms with Gasteiger partial charge in [0.25, 0.3) is 10.2 Å². The zero-order chi connectivity index (χ0) is 28.9. The van der Waals surface area contributed by atoms with Crippen molar-refractivity contribution >= 4 is 29.5 Å². The van der Waals surface area contributed by atoms with Gasteiger partial charge in [-0.25, -0.2) is 9.59 Å². The quantitative estimate of drug-likeness (QED) is 0.0739. The van der Waals surface area contributed by atoms with Crippen molar-refractivity contribution in [2.45, 2.75) is 38.5 Å². The summed E-state index contributed by atoms with van der Waals surface area (Å²) in [6, 6.07) is 5.39. The van der Waals surface area contributed by atoms with Gasteiger partial charge in [0.1, 0.15) is 5.75 Å². The maximum Gasteiger partial charge on any atom is 0.349 e. The van der Waals surface area contributed by atoms with Crippen molar-refractivity contribution in [3.05, 3.63) is 44.5 Å². The third kappa shape index (κ3) is 18.4. The molecule has 17 heteroatoms. The van der Waals surface area contributed by atoms with Crippen molar-refractivity contribution in [2.24, 2.45) is 0 Å². The monoisotopic (exact) mass is 559 g/mol. The number of benzene rings is 1. The lowest BCUT2D eigenvalue weighted by Gasteiger charge is -2.08. The first-order valence-corrected chi connectivity index (χ1v) is 11.7. The Bertz CT molecular complexity index is 954. The molecule has 0 unspecified atom stereocenters. The number of unbranched alkanes of at least 4 members (excludes halogenated alkanes) is 3. The van der Waals surface area contributed by atoms with Crippen LogP contribution in [-0.4, -0.2) is 73.6 Å². The molecule has 0 spiro atoms. The van der Waals surface area contributed by atoms with E-state index in [1.807, 2.05) is 0 Å². The molecule has 1 rings (SSSR count). The lowest BCUT2D eigenvalue weighted by atomic mass is 10.2. The van der Waals surface area contributed by atoms with Gasteiger partial charge in [-0.05, 0) is 49.9 Å². The summed E-state index contributed by atoms with van der Waals surface area (Å²) < 4.78 is 19.8. The van der Waals surface area contributed by atoms with Crippen LogP contribution in [0, 0.1) is 20.2 Å². The standard InChI is InChI=1S/C22H29N3O14/c26-19(14-38-25(32)33)23-17-7-9-18(10-8-17)39-22(29)16-36-21(28)15-35-20(27)6-2-1-3-11-34-12-4-5-13-37-24(30)31/h7-10H,1-6,11-16H2,(H,23,26). The average molecular weight is 559 g/mol. The van der Waals surface area contributed by atoms with Crippen molar-refractivity contribution in [2.75, 3.05) is 45.0 Å². The number of ether oxygens (including phenoxy) is 4. The van der Waals surface area contributed by atoms with Crippen molar-refractivity contribution in [3.8, 4) is 5.75 Å². The van der Waals surface area contributed by atoms with Gasteiger partial charge >= 0.3 is 17.9 Å². The van der Waals surface area contributed by atoms with Gasteiger partial charge in [-0.1, -0.05) is 6.42 Å². The number of carbonyl (C=O) groups excluding carboxylic acids is 4. The van der Waals surface area contributed by atoms with Crippen LogP contribution in [0.3, 0.4) is 0 Å². The molecule has 1 N–H and O–H groups in total. The maximum atomic E-state index is 11.8. The summed E-state index contributed by atoms with van der Waals surface area (Å²) in [7, 11) is 0. The highest BCUT2D eigenvalue weighted by Gasteiger charge is 2.13. The lowest BCUT2D eigenvalue weighted by molar-refractivity contribution is -0.757. The van der Waals surface area contributed by atoms with Gasteiger partial charge in [-0.2, -0.15) is 0 Å². The highest BCUT2D eigenvalue weighted by molar-refractivity contribution is 5.91. The zero-order valence-electron chi connectivity index (χ0n) is 20.9. The first-order chi connectivity index (χ1) is 18.7. The molecule has 39 heavy (non-hydrogen) atoms. The third-order valence-electron chi connectivity index (χ3n) is 4.42. The maximum absolute atomic E-state index is 11.8. The van der Waals surface area contributed by atoms with Gasteiger partial charge < -0.3 is 33.9 Å². The molecular formula is C22H29N3O14. The van der Waals surface area contributed by atoms with Crippen molar-refractivity contribution in [1.82, 2.24) is 0 Å². The fourth-order valence-corrected chi connectivity index (χ4v) is 2.67. The fourth-order valence-electron chi connectivity index (χ4n) is 2.67. The largest absolute Gasteiger partial charge is 0.454 e. The second-order valence-electron chi connectivity index (χ2n) is 7.55. The molecule has 0 aliphatic heterocycles. The number of rotatable bonds is 21. The molecule has 1 aromatic carbocycles. The van der Waals surface area contributed by atoms with E-state index in [0.29, 0.717) is 45.3 Å². The van der Waals surface area contributed by atoms with E-state index in [4.69, 9.17) is 18.9 Å². The smallest absolute Gasteiger partial charge is 0.349 e.